The predicted molar refractivity (Wildman–Crippen MR) is 113 cm³/mol. The molecule has 6 nitrogen and oxygen atoms in total. The van der Waals surface area contributed by atoms with Gasteiger partial charge in [0, 0.05) is 55.0 Å². The number of piperazine rings is 1. The van der Waals surface area contributed by atoms with Crippen LogP contribution in [-0.2, 0) is 6.42 Å². The third-order valence-electron chi connectivity index (χ3n) is 5.53. The average Bonchev–Trinajstić information content (AvgIpc) is 3.10. The number of hydrogen-bond acceptors (Lipinski definition) is 5. The van der Waals surface area contributed by atoms with Gasteiger partial charge in [0.25, 0.3) is 0 Å². The Hall–Kier alpha value is -2.60. The van der Waals surface area contributed by atoms with E-state index >= 15 is 0 Å². The van der Waals surface area contributed by atoms with E-state index < -0.39 is 0 Å². The van der Waals surface area contributed by atoms with Gasteiger partial charge in [-0.1, -0.05) is 11.6 Å². The van der Waals surface area contributed by atoms with Crippen LogP contribution in [0.5, 0.6) is 5.88 Å². The molecule has 0 spiro atoms. The minimum Gasteiger partial charge on any atom is -0.481 e. The van der Waals surface area contributed by atoms with Crippen molar-refractivity contribution in [1.82, 2.24) is 19.9 Å². The predicted octanol–water partition coefficient (Wildman–Crippen LogP) is 3.34. The number of aromatic amines is 1. The highest BCUT2D eigenvalue weighted by atomic mass is 16.5. The summed E-state index contributed by atoms with van der Waals surface area (Å²) in [5.41, 5.74) is 4.93. The molecule has 0 atom stereocenters. The lowest BCUT2D eigenvalue weighted by Crippen LogP contribution is -2.47. The molecule has 0 radical (unpaired) electrons. The molecule has 0 unspecified atom stereocenters. The molecule has 1 fully saturated rings. The number of fused-ring (bicyclic) bond motifs is 1. The Kier molecular flexibility index (Phi) is 5.48. The van der Waals surface area contributed by atoms with Crippen LogP contribution in [0.4, 0.5) is 5.95 Å². The first-order valence-corrected chi connectivity index (χ1v) is 10.1. The lowest BCUT2D eigenvalue weighted by atomic mass is 10.1. The van der Waals surface area contributed by atoms with Crippen LogP contribution in [0, 0.1) is 13.8 Å². The molecule has 3 aromatic rings. The van der Waals surface area contributed by atoms with E-state index in [4.69, 9.17) is 4.74 Å². The van der Waals surface area contributed by atoms with Crippen molar-refractivity contribution >= 4 is 16.9 Å². The first-order valence-electron chi connectivity index (χ1n) is 10.1. The number of H-pyrrole nitrogens is 1. The number of aryl methyl sites for hydroxylation is 3. The molecule has 28 heavy (non-hydrogen) atoms. The fourth-order valence-electron chi connectivity index (χ4n) is 3.93. The van der Waals surface area contributed by atoms with Gasteiger partial charge in [0.15, 0.2) is 0 Å². The number of aromatic nitrogens is 3. The number of anilines is 1. The summed E-state index contributed by atoms with van der Waals surface area (Å²) in [6, 6.07) is 8.49. The van der Waals surface area contributed by atoms with Crippen LogP contribution in [0.2, 0.25) is 0 Å². The van der Waals surface area contributed by atoms with Crippen molar-refractivity contribution in [2.75, 3.05) is 44.7 Å². The zero-order chi connectivity index (χ0) is 19.5. The maximum atomic E-state index is 5.28. The minimum atomic E-state index is 0.638. The number of benzene rings is 1. The van der Waals surface area contributed by atoms with Crippen molar-refractivity contribution in [3.63, 3.8) is 0 Å². The largest absolute Gasteiger partial charge is 0.481 e. The average molecular weight is 380 g/mol. The van der Waals surface area contributed by atoms with Gasteiger partial charge in [0.2, 0.25) is 11.8 Å². The molecule has 0 saturated carbocycles. The molecule has 1 aliphatic heterocycles. The lowest BCUT2D eigenvalue weighted by molar-refractivity contribution is 0.253. The molecule has 1 saturated heterocycles. The van der Waals surface area contributed by atoms with Gasteiger partial charge in [-0.15, -0.1) is 0 Å². The Labute approximate surface area is 166 Å². The molecule has 148 valence electrons. The van der Waals surface area contributed by atoms with Crippen molar-refractivity contribution in [2.24, 2.45) is 0 Å². The summed E-state index contributed by atoms with van der Waals surface area (Å²) in [6.45, 7) is 9.28. The monoisotopic (exact) mass is 379 g/mol. The summed E-state index contributed by atoms with van der Waals surface area (Å²) in [4.78, 5) is 17.3. The Morgan fingerprint density at radius 3 is 2.68 bits per heavy atom. The molecule has 3 heterocycles. The van der Waals surface area contributed by atoms with Crippen molar-refractivity contribution in [3.05, 3.63) is 47.3 Å². The zero-order valence-electron chi connectivity index (χ0n) is 17.0. The molecule has 1 aliphatic rings. The fraction of sp³-hybridized carbons (Fsp3) is 0.455. The Morgan fingerprint density at radius 2 is 1.89 bits per heavy atom. The first-order chi connectivity index (χ1) is 13.6. The second kappa shape index (κ2) is 8.19. The van der Waals surface area contributed by atoms with Gasteiger partial charge >= 0.3 is 0 Å². The second-order valence-electron chi connectivity index (χ2n) is 7.65. The quantitative estimate of drug-likeness (QED) is 0.712. The van der Waals surface area contributed by atoms with Crippen LogP contribution >= 0.6 is 0 Å². The van der Waals surface area contributed by atoms with E-state index in [1.165, 1.54) is 28.5 Å². The number of nitrogens with zero attached hydrogens (tertiary/aromatic N) is 4. The van der Waals surface area contributed by atoms with Crippen LogP contribution in [0.25, 0.3) is 10.9 Å². The normalized spacial score (nSPS) is 15.3. The third-order valence-corrected chi connectivity index (χ3v) is 5.53. The molecular formula is C22H29N5O. The first kappa shape index (κ1) is 18.7. The van der Waals surface area contributed by atoms with Gasteiger partial charge in [0.1, 0.15) is 0 Å². The van der Waals surface area contributed by atoms with E-state index in [0.29, 0.717) is 5.88 Å². The van der Waals surface area contributed by atoms with E-state index in [2.05, 4.69) is 56.1 Å². The molecule has 1 aromatic carbocycles. The summed E-state index contributed by atoms with van der Waals surface area (Å²) in [6.07, 6.45) is 4.46. The van der Waals surface area contributed by atoms with Crippen LogP contribution in [0.3, 0.4) is 0 Å². The van der Waals surface area contributed by atoms with Crippen molar-refractivity contribution < 1.29 is 4.74 Å². The molecule has 4 rings (SSSR count). The minimum absolute atomic E-state index is 0.638. The van der Waals surface area contributed by atoms with Crippen LogP contribution < -0.4 is 9.64 Å². The molecule has 0 bridgehead atoms. The van der Waals surface area contributed by atoms with Crippen LogP contribution in [-0.4, -0.2) is 59.7 Å². The van der Waals surface area contributed by atoms with Gasteiger partial charge < -0.3 is 14.6 Å². The van der Waals surface area contributed by atoms with E-state index in [9.17, 15) is 0 Å². The van der Waals surface area contributed by atoms with Crippen molar-refractivity contribution in [1.29, 1.82) is 0 Å². The second-order valence-corrected chi connectivity index (χ2v) is 7.65. The van der Waals surface area contributed by atoms with Gasteiger partial charge in [0.05, 0.1) is 7.11 Å². The summed E-state index contributed by atoms with van der Waals surface area (Å²) in [7, 11) is 1.65. The Bertz CT molecular complexity index is 943. The fourth-order valence-corrected chi connectivity index (χ4v) is 3.93. The maximum Gasteiger partial charge on any atom is 0.228 e. The topological polar surface area (TPSA) is 57.3 Å². The molecule has 0 aliphatic carbocycles. The molecule has 0 amide bonds. The Morgan fingerprint density at radius 1 is 1.07 bits per heavy atom. The number of nitrogens with one attached hydrogen (secondary N) is 1. The summed E-state index contributed by atoms with van der Waals surface area (Å²) in [5.74, 6) is 1.42. The van der Waals surface area contributed by atoms with Crippen molar-refractivity contribution in [3.8, 4) is 5.88 Å². The van der Waals surface area contributed by atoms with E-state index in [1.54, 1.807) is 7.11 Å². The van der Waals surface area contributed by atoms with E-state index in [1.807, 2.05) is 13.0 Å². The number of rotatable bonds is 6. The zero-order valence-corrected chi connectivity index (χ0v) is 17.0. The summed E-state index contributed by atoms with van der Waals surface area (Å²) >= 11 is 0. The van der Waals surface area contributed by atoms with Gasteiger partial charge in [-0.2, -0.15) is 4.98 Å². The maximum absolute atomic E-state index is 5.28. The van der Waals surface area contributed by atoms with Gasteiger partial charge in [-0.05, 0) is 50.9 Å². The SMILES string of the molecule is COc1cc(C)nc(N2CCN(CCCc3c[nH]c4ccc(C)cc34)CC2)n1. The molecule has 6 heteroatoms. The number of ether oxygens (including phenoxy) is 1. The smallest absolute Gasteiger partial charge is 0.228 e. The standard InChI is InChI=1S/C22H29N5O/c1-16-6-7-20-19(13-16)18(15-23-20)5-4-8-26-9-11-27(12-10-26)22-24-17(2)14-21(25-22)28-3/h6-7,13-15,23H,4-5,8-12H2,1-3H3. The number of hydrogen-bond donors (Lipinski definition) is 1. The molecular weight excluding hydrogens is 350 g/mol. The van der Waals surface area contributed by atoms with Gasteiger partial charge in [-0.3, -0.25) is 4.90 Å². The van der Waals surface area contributed by atoms with Gasteiger partial charge in [-0.25, -0.2) is 4.98 Å². The Balaban J connectivity index is 1.29. The van der Waals surface area contributed by atoms with E-state index in [0.717, 1.165) is 50.8 Å². The summed E-state index contributed by atoms with van der Waals surface area (Å²) < 4.78 is 5.28. The molecule has 1 N–H and O–H groups in total. The van der Waals surface area contributed by atoms with Crippen LogP contribution in [0.15, 0.2) is 30.5 Å². The van der Waals surface area contributed by atoms with E-state index in [-0.39, 0.29) is 0 Å². The van der Waals surface area contributed by atoms with Crippen LogP contribution in [0.1, 0.15) is 23.2 Å². The van der Waals surface area contributed by atoms with Crippen molar-refractivity contribution in [2.45, 2.75) is 26.7 Å². The highest BCUT2D eigenvalue weighted by molar-refractivity contribution is 5.83. The highest BCUT2D eigenvalue weighted by Gasteiger charge is 2.19. The molecule has 2 aromatic heterocycles. The highest BCUT2D eigenvalue weighted by Crippen LogP contribution is 2.21. The number of methoxy groups -OCH3 is 1. The third kappa shape index (κ3) is 4.12. The summed E-state index contributed by atoms with van der Waals surface area (Å²) in [5, 5.41) is 1.37. The lowest BCUT2D eigenvalue weighted by Gasteiger charge is -2.34.